The SMILES string of the molecule is C=CC(=O)Oc1ccc(N(c2ccc(C3(c4ccc(N(c5ccc(C)c(C)c5)c5ccc(C)cc5C)cc4)CCCCC3)cc2)c2ccc(C)cc2C)cc1. The fraction of sp³-hybridized carbons (Fsp3) is 0.235. The molecule has 0 aromatic heterocycles. The Morgan fingerprint density at radius 3 is 1.44 bits per heavy atom. The second-order valence-corrected chi connectivity index (χ2v) is 15.4. The fourth-order valence-corrected chi connectivity index (χ4v) is 8.41. The number of rotatable bonds is 10. The summed E-state index contributed by atoms with van der Waals surface area (Å²) in [5.41, 5.74) is 16.9. The van der Waals surface area contributed by atoms with E-state index in [1.807, 2.05) is 24.3 Å². The van der Waals surface area contributed by atoms with Crippen LogP contribution >= 0.6 is 0 Å². The molecule has 6 aromatic carbocycles. The summed E-state index contributed by atoms with van der Waals surface area (Å²) >= 11 is 0. The van der Waals surface area contributed by atoms with E-state index >= 15 is 0 Å². The highest BCUT2D eigenvalue weighted by molar-refractivity contribution is 5.84. The number of hydrogen-bond acceptors (Lipinski definition) is 4. The van der Waals surface area contributed by atoms with Gasteiger partial charge in [-0.1, -0.05) is 91.6 Å². The van der Waals surface area contributed by atoms with Crippen LogP contribution in [0.5, 0.6) is 5.75 Å². The van der Waals surface area contributed by atoms with Gasteiger partial charge >= 0.3 is 5.97 Å². The van der Waals surface area contributed by atoms with Crippen LogP contribution in [0.4, 0.5) is 34.1 Å². The summed E-state index contributed by atoms with van der Waals surface area (Å²) in [4.78, 5) is 16.6. The van der Waals surface area contributed by atoms with Crippen LogP contribution in [0.1, 0.15) is 76.6 Å². The summed E-state index contributed by atoms with van der Waals surface area (Å²) in [6.07, 6.45) is 7.10. The Kier molecular flexibility index (Phi) is 10.8. The first-order chi connectivity index (χ1) is 26.6. The van der Waals surface area contributed by atoms with E-state index in [2.05, 4.69) is 161 Å². The van der Waals surface area contributed by atoms with E-state index in [1.165, 1.54) is 81.2 Å². The van der Waals surface area contributed by atoms with Crippen molar-refractivity contribution in [3.63, 3.8) is 0 Å². The van der Waals surface area contributed by atoms with Crippen molar-refractivity contribution in [2.45, 2.75) is 79.1 Å². The highest BCUT2D eigenvalue weighted by Crippen LogP contribution is 2.47. The molecule has 1 aliphatic carbocycles. The molecule has 1 saturated carbocycles. The van der Waals surface area contributed by atoms with E-state index in [0.29, 0.717) is 5.75 Å². The van der Waals surface area contributed by atoms with Crippen LogP contribution in [0.3, 0.4) is 0 Å². The standard InChI is InChI=1S/C51H52N2O2/c1-8-50(54)55-47-26-24-45(25-27-47)52(48-28-12-35(2)32-39(48)6)43-20-15-41(16-21-43)51(30-10-9-11-31-51)42-17-22-44(23-18-42)53(46-19-14-37(4)38(5)34-46)49-29-13-36(3)33-40(49)7/h8,12-29,32-34H,1,9-11,30-31H2,2-7H3. The van der Waals surface area contributed by atoms with Crippen LogP contribution in [0.2, 0.25) is 0 Å². The first-order valence-corrected chi connectivity index (χ1v) is 19.5. The molecule has 0 heterocycles. The molecule has 0 N–H and O–H groups in total. The van der Waals surface area contributed by atoms with Gasteiger partial charge in [-0.3, -0.25) is 0 Å². The van der Waals surface area contributed by atoms with Crippen molar-refractivity contribution >= 4 is 40.1 Å². The maximum Gasteiger partial charge on any atom is 0.335 e. The summed E-state index contributed by atoms with van der Waals surface area (Å²) < 4.78 is 5.39. The van der Waals surface area contributed by atoms with Gasteiger partial charge < -0.3 is 14.5 Å². The number of carbonyl (C=O) groups excluding carboxylic acids is 1. The number of hydrogen-bond donors (Lipinski definition) is 0. The number of esters is 1. The van der Waals surface area contributed by atoms with Crippen LogP contribution in [0.15, 0.2) is 140 Å². The molecule has 0 bridgehead atoms. The minimum absolute atomic E-state index is 0.0678. The molecule has 4 nitrogen and oxygen atoms in total. The largest absolute Gasteiger partial charge is 0.423 e. The number of ether oxygens (including phenoxy) is 1. The molecule has 6 aromatic rings. The normalized spacial score (nSPS) is 13.6. The van der Waals surface area contributed by atoms with Crippen LogP contribution < -0.4 is 14.5 Å². The Hall–Kier alpha value is -5.87. The number of anilines is 6. The molecule has 1 aliphatic rings. The highest BCUT2D eigenvalue weighted by atomic mass is 16.5. The van der Waals surface area contributed by atoms with Gasteiger partial charge in [0.05, 0.1) is 0 Å². The maximum atomic E-state index is 11.9. The van der Waals surface area contributed by atoms with E-state index in [9.17, 15) is 4.79 Å². The molecular formula is C51H52N2O2. The smallest absolute Gasteiger partial charge is 0.335 e. The Labute approximate surface area is 327 Å². The highest BCUT2D eigenvalue weighted by Gasteiger charge is 2.36. The maximum absolute atomic E-state index is 11.9. The summed E-state index contributed by atoms with van der Waals surface area (Å²) in [5.74, 6) is 0.0156. The van der Waals surface area contributed by atoms with Gasteiger partial charge in [-0.15, -0.1) is 0 Å². The molecule has 0 aliphatic heterocycles. The van der Waals surface area contributed by atoms with Gasteiger partial charge in [0.25, 0.3) is 0 Å². The molecule has 55 heavy (non-hydrogen) atoms. The molecule has 4 heteroatoms. The fourth-order valence-electron chi connectivity index (χ4n) is 8.41. The number of aryl methyl sites for hydroxylation is 6. The third-order valence-corrected chi connectivity index (χ3v) is 11.5. The van der Waals surface area contributed by atoms with E-state index < -0.39 is 5.97 Å². The lowest BCUT2D eigenvalue weighted by Gasteiger charge is -2.39. The van der Waals surface area contributed by atoms with Crippen molar-refractivity contribution < 1.29 is 9.53 Å². The Morgan fingerprint density at radius 1 is 0.527 bits per heavy atom. The minimum Gasteiger partial charge on any atom is -0.423 e. The molecule has 0 amide bonds. The minimum atomic E-state index is -0.471. The van der Waals surface area contributed by atoms with Crippen molar-refractivity contribution in [3.05, 3.63) is 185 Å². The Morgan fingerprint density at radius 2 is 0.982 bits per heavy atom. The predicted octanol–water partition coefficient (Wildman–Crippen LogP) is 13.8. The van der Waals surface area contributed by atoms with Gasteiger partial charge in [0.2, 0.25) is 0 Å². The lowest BCUT2D eigenvalue weighted by molar-refractivity contribution is -0.128. The molecule has 0 atom stereocenters. The zero-order valence-corrected chi connectivity index (χ0v) is 33.2. The first kappa shape index (κ1) is 37.4. The summed E-state index contributed by atoms with van der Waals surface area (Å²) in [6.45, 7) is 16.5. The third-order valence-electron chi connectivity index (χ3n) is 11.5. The second-order valence-electron chi connectivity index (χ2n) is 15.4. The third kappa shape index (κ3) is 7.73. The molecule has 0 saturated heterocycles. The molecule has 0 unspecified atom stereocenters. The monoisotopic (exact) mass is 724 g/mol. The van der Waals surface area contributed by atoms with Gasteiger partial charge in [0.1, 0.15) is 5.75 Å². The topological polar surface area (TPSA) is 32.8 Å². The van der Waals surface area contributed by atoms with E-state index in [0.717, 1.165) is 35.6 Å². The zero-order chi connectivity index (χ0) is 38.7. The van der Waals surface area contributed by atoms with E-state index in [1.54, 1.807) is 0 Å². The molecule has 278 valence electrons. The Balaban J connectivity index is 1.26. The van der Waals surface area contributed by atoms with E-state index in [-0.39, 0.29) is 5.41 Å². The van der Waals surface area contributed by atoms with Crippen LogP contribution in [-0.4, -0.2) is 5.97 Å². The summed E-state index contributed by atoms with van der Waals surface area (Å²) in [5, 5.41) is 0. The summed E-state index contributed by atoms with van der Waals surface area (Å²) in [6, 6.07) is 46.4. The van der Waals surface area contributed by atoms with E-state index in [4.69, 9.17) is 4.74 Å². The number of carbonyl (C=O) groups is 1. The first-order valence-electron chi connectivity index (χ1n) is 19.5. The lowest BCUT2D eigenvalue weighted by atomic mass is 9.65. The number of nitrogens with zero attached hydrogens (tertiary/aromatic N) is 2. The van der Waals surface area contributed by atoms with Crippen molar-refractivity contribution in [2.75, 3.05) is 9.80 Å². The quantitative estimate of drug-likeness (QED) is 0.0800. The average Bonchev–Trinajstić information content (AvgIpc) is 3.19. The van der Waals surface area contributed by atoms with Crippen molar-refractivity contribution in [1.82, 2.24) is 0 Å². The molecule has 0 radical (unpaired) electrons. The van der Waals surface area contributed by atoms with Crippen molar-refractivity contribution in [2.24, 2.45) is 0 Å². The second kappa shape index (κ2) is 15.8. The van der Waals surface area contributed by atoms with Gasteiger partial charge in [-0.25, -0.2) is 4.79 Å². The van der Waals surface area contributed by atoms with Crippen LogP contribution in [-0.2, 0) is 10.2 Å². The van der Waals surface area contributed by atoms with Crippen molar-refractivity contribution in [1.29, 1.82) is 0 Å². The zero-order valence-electron chi connectivity index (χ0n) is 33.2. The summed E-state index contributed by atoms with van der Waals surface area (Å²) in [7, 11) is 0. The molecule has 0 spiro atoms. The Bertz CT molecular complexity index is 2310. The number of benzene rings is 6. The predicted molar refractivity (Wildman–Crippen MR) is 230 cm³/mol. The molecule has 7 rings (SSSR count). The van der Waals surface area contributed by atoms with Crippen LogP contribution in [0, 0.1) is 41.5 Å². The van der Waals surface area contributed by atoms with Gasteiger partial charge in [-0.2, -0.15) is 0 Å². The van der Waals surface area contributed by atoms with Gasteiger partial charge in [0, 0.05) is 45.6 Å². The lowest BCUT2D eigenvalue weighted by Crippen LogP contribution is -2.30. The van der Waals surface area contributed by atoms with Crippen molar-refractivity contribution in [3.8, 4) is 5.75 Å². The average molecular weight is 725 g/mol. The van der Waals surface area contributed by atoms with Gasteiger partial charge in [-0.05, 0) is 161 Å². The molecular weight excluding hydrogens is 673 g/mol. The van der Waals surface area contributed by atoms with Gasteiger partial charge in [0.15, 0.2) is 0 Å². The van der Waals surface area contributed by atoms with Crippen LogP contribution in [0.25, 0.3) is 0 Å². The molecule has 1 fully saturated rings.